The predicted octanol–water partition coefficient (Wildman–Crippen LogP) is 6.37. The molecule has 2 amide bonds. The topological polar surface area (TPSA) is 83.6 Å². The van der Waals surface area contributed by atoms with Crippen LogP contribution in [0.2, 0.25) is 10.0 Å². The third kappa shape index (κ3) is 7.31. The second-order valence-electron chi connectivity index (χ2n) is 9.33. The minimum atomic E-state index is -0.231. The van der Waals surface area contributed by atoms with Crippen molar-refractivity contribution in [1.29, 1.82) is 0 Å². The van der Waals surface area contributed by atoms with Crippen molar-refractivity contribution in [2.45, 2.75) is 13.5 Å². The number of amides is 2. The molecule has 0 saturated heterocycles. The minimum absolute atomic E-state index is 0.0709. The number of hydrogen-bond donors (Lipinski definition) is 2. The van der Waals surface area contributed by atoms with Crippen molar-refractivity contribution in [2.24, 2.45) is 0 Å². The van der Waals surface area contributed by atoms with Crippen LogP contribution in [0.25, 0.3) is 17.0 Å². The highest BCUT2D eigenvalue weighted by Gasteiger charge is 2.13. The molecule has 0 saturated carbocycles. The summed E-state index contributed by atoms with van der Waals surface area (Å²) in [7, 11) is 3.41. The Bertz CT molecular complexity index is 1550. The van der Waals surface area contributed by atoms with E-state index in [2.05, 4.69) is 15.6 Å². The van der Waals surface area contributed by atoms with Gasteiger partial charge in [0.05, 0.1) is 10.7 Å². The molecule has 0 atom stereocenters. The zero-order valence-electron chi connectivity index (χ0n) is 22.5. The predicted molar refractivity (Wildman–Crippen MR) is 162 cm³/mol. The molecule has 0 aliphatic heterocycles. The average Bonchev–Trinajstić information content (AvgIpc) is 2.95. The number of aromatic nitrogens is 1. The van der Waals surface area contributed by atoms with Crippen molar-refractivity contribution in [3.8, 4) is 5.75 Å². The Hall–Kier alpha value is -4.07. The lowest BCUT2D eigenvalue weighted by Gasteiger charge is -2.15. The first-order chi connectivity index (χ1) is 19.2. The highest BCUT2D eigenvalue weighted by molar-refractivity contribution is 6.37. The van der Waals surface area contributed by atoms with E-state index in [1.54, 1.807) is 56.6 Å². The number of nitrogens with one attached hydrogen (secondary N) is 2. The number of para-hydroxylation sites is 1. The van der Waals surface area contributed by atoms with Crippen LogP contribution in [-0.4, -0.2) is 48.9 Å². The molecule has 1 aromatic heterocycles. The van der Waals surface area contributed by atoms with Crippen LogP contribution in [0.5, 0.6) is 5.75 Å². The minimum Gasteiger partial charge on any atom is -0.487 e. The van der Waals surface area contributed by atoms with E-state index in [4.69, 9.17) is 27.9 Å². The van der Waals surface area contributed by atoms with Gasteiger partial charge >= 0.3 is 0 Å². The fourth-order valence-corrected chi connectivity index (χ4v) is 4.51. The number of hydrogen-bond acceptors (Lipinski definition) is 5. The van der Waals surface area contributed by atoms with Crippen LogP contribution in [0.1, 0.15) is 27.2 Å². The van der Waals surface area contributed by atoms with E-state index >= 15 is 0 Å². The Morgan fingerprint density at radius 1 is 0.975 bits per heavy atom. The molecule has 0 unspecified atom stereocenters. The summed E-state index contributed by atoms with van der Waals surface area (Å²) in [6.45, 7) is 2.95. The molecular formula is C31H30Cl2N4O3. The maximum absolute atomic E-state index is 12.2. The van der Waals surface area contributed by atoms with Gasteiger partial charge in [-0.25, -0.2) is 4.98 Å². The first-order valence-corrected chi connectivity index (χ1v) is 13.5. The summed E-state index contributed by atoms with van der Waals surface area (Å²) in [5, 5.41) is 8.01. The molecule has 0 bridgehead atoms. The number of carbonyl (C=O) groups is 2. The van der Waals surface area contributed by atoms with Gasteiger partial charge in [-0.05, 0) is 55.0 Å². The Morgan fingerprint density at radius 3 is 2.50 bits per heavy atom. The molecule has 4 aromatic rings. The highest BCUT2D eigenvalue weighted by atomic mass is 35.5. The number of benzene rings is 3. The number of halogens is 2. The number of anilines is 1. The summed E-state index contributed by atoms with van der Waals surface area (Å²) in [5.41, 5.74) is 4.44. The summed E-state index contributed by atoms with van der Waals surface area (Å²) in [6, 6.07) is 20.4. The Labute approximate surface area is 243 Å². The van der Waals surface area contributed by atoms with Gasteiger partial charge in [-0.15, -0.1) is 0 Å². The van der Waals surface area contributed by atoms with Gasteiger partial charge in [-0.3, -0.25) is 9.59 Å². The van der Waals surface area contributed by atoms with Crippen molar-refractivity contribution >= 4 is 57.7 Å². The smallest absolute Gasteiger partial charge is 0.253 e. The maximum Gasteiger partial charge on any atom is 0.253 e. The molecule has 0 fully saturated rings. The molecule has 1 heterocycles. The third-order valence-corrected chi connectivity index (χ3v) is 6.90. The first-order valence-electron chi connectivity index (χ1n) is 12.7. The Morgan fingerprint density at radius 2 is 1.75 bits per heavy atom. The second kappa shape index (κ2) is 13.3. The van der Waals surface area contributed by atoms with Crippen molar-refractivity contribution < 1.29 is 14.3 Å². The van der Waals surface area contributed by atoms with E-state index in [1.807, 2.05) is 37.3 Å². The number of pyridine rings is 1. The zero-order chi connectivity index (χ0) is 28.6. The van der Waals surface area contributed by atoms with Gasteiger partial charge in [0.25, 0.3) is 5.91 Å². The lowest BCUT2D eigenvalue weighted by Crippen LogP contribution is -2.27. The highest BCUT2D eigenvalue weighted by Crippen LogP contribution is 2.33. The lowest BCUT2D eigenvalue weighted by atomic mass is 10.1. The van der Waals surface area contributed by atoms with Gasteiger partial charge in [0, 0.05) is 60.5 Å². The van der Waals surface area contributed by atoms with Gasteiger partial charge in [0.2, 0.25) is 5.91 Å². The summed E-state index contributed by atoms with van der Waals surface area (Å²) in [5.74, 6) is 0.351. The molecule has 4 rings (SSSR count). The number of rotatable bonds is 10. The third-order valence-electron chi connectivity index (χ3n) is 6.11. The average molecular weight is 578 g/mol. The van der Waals surface area contributed by atoms with E-state index in [1.165, 1.54) is 11.0 Å². The van der Waals surface area contributed by atoms with Gasteiger partial charge < -0.3 is 20.3 Å². The molecule has 206 valence electrons. The Kier molecular flexibility index (Phi) is 9.64. The van der Waals surface area contributed by atoms with E-state index < -0.39 is 0 Å². The first kappa shape index (κ1) is 28.9. The van der Waals surface area contributed by atoms with Gasteiger partial charge in [0.15, 0.2) is 0 Å². The van der Waals surface area contributed by atoms with Crippen molar-refractivity contribution in [2.75, 3.05) is 32.5 Å². The number of carbonyl (C=O) groups excluding carboxylic acids is 2. The molecule has 0 aliphatic carbocycles. The fraction of sp³-hybridized carbons (Fsp3) is 0.194. The molecule has 0 aliphatic rings. The van der Waals surface area contributed by atoms with Gasteiger partial charge in [-0.1, -0.05) is 53.5 Å². The quantitative estimate of drug-likeness (QED) is 0.169. The molecule has 40 heavy (non-hydrogen) atoms. The van der Waals surface area contributed by atoms with E-state index in [-0.39, 0.29) is 18.4 Å². The summed E-state index contributed by atoms with van der Waals surface area (Å²) in [4.78, 5) is 30.3. The van der Waals surface area contributed by atoms with Crippen molar-refractivity contribution in [3.05, 3.63) is 105 Å². The standard InChI is InChI=1S/C31H30Cl2N4O3/c1-20-7-11-22-5-4-6-27(30(22)36-20)40-19-24-25(32)14-15-26(29(24)33)34-17-18-35-28(38)16-10-21-8-12-23(13-9-21)31(39)37(2)3/h4-16,34H,17-19H2,1-3H3,(H,35,38)/b16-10+. The molecule has 7 nitrogen and oxygen atoms in total. The normalized spacial score (nSPS) is 11.0. The van der Waals surface area contributed by atoms with Crippen molar-refractivity contribution in [1.82, 2.24) is 15.2 Å². The SMILES string of the molecule is Cc1ccc2cccc(OCc3c(Cl)ccc(NCCNC(=O)/C=C/c4ccc(C(=O)N(C)C)cc4)c3Cl)c2n1. The van der Waals surface area contributed by atoms with Crippen LogP contribution in [0.4, 0.5) is 5.69 Å². The van der Waals surface area contributed by atoms with Crippen LogP contribution < -0.4 is 15.4 Å². The lowest BCUT2D eigenvalue weighted by molar-refractivity contribution is -0.116. The number of aryl methyl sites for hydroxylation is 1. The van der Waals surface area contributed by atoms with Crippen LogP contribution in [-0.2, 0) is 11.4 Å². The molecule has 9 heteroatoms. The second-order valence-corrected chi connectivity index (χ2v) is 10.1. The van der Waals surface area contributed by atoms with Gasteiger partial charge in [-0.2, -0.15) is 0 Å². The number of nitrogens with zero attached hydrogens (tertiary/aromatic N) is 2. The van der Waals surface area contributed by atoms with Gasteiger partial charge in [0.1, 0.15) is 17.9 Å². The summed E-state index contributed by atoms with van der Waals surface area (Å²) < 4.78 is 6.08. The monoisotopic (exact) mass is 576 g/mol. The number of ether oxygens (including phenoxy) is 1. The molecule has 2 N–H and O–H groups in total. The van der Waals surface area contributed by atoms with E-state index in [9.17, 15) is 9.59 Å². The molecule has 0 radical (unpaired) electrons. The Balaban J connectivity index is 1.30. The molecular weight excluding hydrogens is 547 g/mol. The summed E-state index contributed by atoms with van der Waals surface area (Å²) >= 11 is 13.1. The molecule has 0 spiro atoms. The van der Waals surface area contributed by atoms with Crippen LogP contribution in [0, 0.1) is 6.92 Å². The zero-order valence-corrected chi connectivity index (χ0v) is 24.0. The number of fused-ring (bicyclic) bond motifs is 1. The largest absolute Gasteiger partial charge is 0.487 e. The molecule has 3 aromatic carbocycles. The van der Waals surface area contributed by atoms with Crippen LogP contribution >= 0.6 is 23.2 Å². The van der Waals surface area contributed by atoms with E-state index in [0.717, 1.165) is 22.2 Å². The maximum atomic E-state index is 12.2. The van der Waals surface area contributed by atoms with Crippen LogP contribution in [0.15, 0.2) is 72.8 Å². The van der Waals surface area contributed by atoms with E-state index in [0.29, 0.717) is 45.7 Å². The van der Waals surface area contributed by atoms with Crippen LogP contribution in [0.3, 0.4) is 0 Å². The summed E-state index contributed by atoms with van der Waals surface area (Å²) in [6.07, 6.45) is 3.15. The van der Waals surface area contributed by atoms with Crippen molar-refractivity contribution in [3.63, 3.8) is 0 Å². The fourth-order valence-electron chi connectivity index (χ4n) is 3.96.